The van der Waals surface area contributed by atoms with Gasteiger partial charge in [-0.1, -0.05) is 46.6 Å². The van der Waals surface area contributed by atoms with E-state index in [1.807, 2.05) is 36.4 Å². The summed E-state index contributed by atoms with van der Waals surface area (Å²) in [6.45, 7) is 0.693. The van der Waals surface area contributed by atoms with Gasteiger partial charge in [0.05, 0.1) is 0 Å². The SMILES string of the molecule is NCCCCCC(=O)Nc1ccc(Br)c2ccccc12. The van der Waals surface area contributed by atoms with E-state index in [1.54, 1.807) is 0 Å². The zero-order valence-corrected chi connectivity index (χ0v) is 12.9. The minimum Gasteiger partial charge on any atom is -0.330 e. The fourth-order valence-corrected chi connectivity index (χ4v) is 2.67. The molecule has 0 saturated heterocycles. The standard InChI is InChI=1S/C16H19BrN2O/c17-14-9-10-15(13-7-4-3-6-12(13)14)19-16(20)8-2-1-5-11-18/h3-4,6-7,9-10H,1-2,5,8,11,18H2,(H,19,20). The van der Waals surface area contributed by atoms with Crippen molar-refractivity contribution in [3.8, 4) is 0 Å². The van der Waals surface area contributed by atoms with Gasteiger partial charge in [-0.25, -0.2) is 0 Å². The van der Waals surface area contributed by atoms with Gasteiger partial charge in [-0.2, -0.15) is 0 Å². The fraction of sp³-hybridized carbons (Fsp3) is 0.312. The molecular formula is C16H19BrN2O. The summed E-state index contributed by atoms with van der Waals surface area (Å²) in [5.41, 5.74) is 6.31. The first-order valence-electron chi connectivity index (χ1n) is 6.89. The van der Waals surface area contributed by atoms with Gasteiger partial charge in [0.2, 0.25) is 5.91 Å². The van der Waals surface area contributed by atoms with E-state index < -0.39 is 0 Å². The van der Waals surface area contributed by atoms with Crippen molar-refractivity contribution in [3.05, 3.63) is 40.9 Å². The van der Waals surface area contributed by atoms with Gasteiger partial charge < -0.3 is 11.1 Å². The van der Waals surface area contributed by atoms with Crippen molar-refractivity contribution in [2.75, 3.05) is 11.9 Å². The molecule has 1 amide bonds. The van der Waals surface area contributed by atoms with Crippen molar-refractivity contribution in [1.82, 2.24) is 0 Å². The van der Waals surface area contributed by atoms with E-state index in [1.165, 1.54) is 0 Å². The van der Waals surface area contributed by atoms with Gasteiger partial charge in [-0.15, -0.1) is 0 Å². The van der Waals surface area contributed by atoms with Gasteiger partial charge in [-0.3, -0.25) is 4.79 Å². The Bertz CT molecular complexity index is 598. The molecule has 0 heterocycles. The Morgan fingerprint density at radius 2 is 1.80 bits per heavy atom. The molecule has 2 aromatic rings. The number of hydrogen-bond acceptors (Lipinski definition) is 2. The second-order valence-electron chi connectivity index (χ2n) is 4.79. The third-order valence-corrected chi connectivity index (χ3v) is 3.94. The Morgan fingerprint density at radius 3 is 2.55 bits per heavy atom. The minimum atomic E-state index is 0.0643. The predicted octanol–water partition coefficient (Wildman–Crippen LogP) is 4.06. The molecule has 0 aliphatic heterocycles. The number of benzene rings is 2. The Kier molecular flexibility index (Phi) is 5.56. The van der Waals surface area contributed by atoms with Crippen LogP contribution in [0.1, 0.15) is 25.7 Å². The second kappa shape index (κ2) is 7.41. The summed E-state index contributed by atoms with van der Waals surface area (Å²) in [7, 11) is 0. The van der Waals surface area contributed by atoms with E-state index in [9.17, 15) is 4.79 Å². The molecule has 0 aliphatic rings. The van der Waals surface area contributed by atoms with Gasteiger partial charge in [-0.05, 0) is 36.9 Å². The van der Waals surface area contributed by atoms with Crippen LogP contribution < -0.4 is 11.1 Å². The highest BCUT2D eigenvalue weighted by Gasteiger charge is 2.07. The summed E-state index contributed by atoms with van der Waals surface area (Å²) in [5, 5.41) is 5.16. The summed E-state index contributed by atoms with van der Waals surface area (Å²) < 4.78 is 1.04. The molecule has 0 radical (unpaired) electrons. The Balaban J connectivity index is 2.06. The molecule has 0 aromatic heterocycles. The van der Waals surface area contributed by atoms with E-state index in [0.717, 1.165) is 40.2 Å². The molecule has 2 aromatic carbocycles. The maximum absolute atomic E-state index is 12.0. The lowest BCUT2D eigenvalue weighted by atomic mass is 10.1. The van der Waals surface area contributed by atoms with E-state index in [4.69, 9.17) is 5.73 Å². The van der Waals surface area contributed by atoms with E-state index in [0.29, 0.717) is 13.0 Å². The predicted molar refractivity (Wildman–Crippen MR) is 87.8 cm³/mol. The first-order chi connectivity index (χ1) is 9.72. The smallest absolute Gasteiger partial charge is 0.224 e. The lowest BCUT2D eigenvalue weighted by Crippen LogP contribution is -2.11. The van der Waals surface area contributed by atoms with Crippen LogP contribution in [0.5, 0.6) is 0 Å². The summed E-state index contributed by atoms with van der Waals surface area (Å²) >= 11 is 3.53. The topological polar surface area (TPSA) is 55.1 Å². The summed E-state index contributed by atoms with van der Waals surface area (Å²) in [4.78, 5) is 12.0. The number of anilines is 1. The molecule has 2 rings (SSSR count). The number of unbranched alkanes of at least 4 members (excludes halogenated alkanes) is 2. The minimum absolute atomic E-state index is 0.0643. The number of halogens is 1. The molecule has 0 aliphatic carbocycles. The maximum Gasteiger partial charge on any atom is 0.224 e. The van der Waals surface area contributed by atoms with Crippen LogP contribution in [0.3, 0.4) is 0 Å². The quantitative estimate of drug-likeness (QED) is 0.782. The molecule has 3 nitrogen and oxygen atoms in total. The molecule has 0 unspecified atom stereocenters. The summed E-state index contributed by atoms with van der Waals surface area (Å²) in [5.74, 6) is 0.0643. The lowest BCUT2D eigenvalue weighted by Gasteiger charge is -2.10. The van der Waals surface area contributed by atoms with Crippen molar-refractivity contribution in [2.45, 2.75) is 25.7 Å². The highest BCUT2D eigenvalue weighted by Crippen LogP contribution is 2.30. The number of carbonyl (C=O) groups excluding carboxylic acids is 1. The van der Waals surface area contributed by atoms with Gasteiger partial charge >= 0.3 is 0 Å². The number of carbonyl (C=O) groups is 1. The van der Waals surface area contributed by atoms with Crippen molar-refractivity contribution >= 4 is 38.3 Å². The summed E-state index contributed by atoms with van der Waals surface area (Å²) in [6, 6.07) is 11.9. The van der Waals surface area contributed by atoms with Crippen LogP contribution in [-0.2, 0) is 4.79 Å². The van der Waals surface area contributed by atoms with E-state index >= 15 is 0 Å². The van der Waals surface area contributed by atoms with Gasteiger partial charge in [0.15, 0.2) is 0 Å². The second-order valence-corrected chi connectivity index (χ2v) is 5.64. The number of amides is 1. The number of hydrogen-bond donors (Lipinski definition) is 2. The first-order valence-corrected chi connectivity index (χ1v) is 7.69. The van der Waals surface area contributed by atoms with Crippen molar-refractivity contribution in [1.29, 1.82) is 0 Å². The van der Waals surface area contributed by atoms with Crippen LogP contribution in [0.2, 0.25) is 0 Å². The van der Waals surface area contributed by atoms with Gasteiger partial charge in [0, 0.05) is 22.0 Å². The largest absolute Gasteiger partial charge is 0.330 e. The molecular weight excluding hydrogens is 316 g/mol. The molecule has 0 bridgehead atoms. The van der Waals surface area contributed by atoms with Gasteiger partial charge in [0.25, 0.3) is 0 Å². The van der Waals surface area contributed by atoms with Crippen molar-refractivity contribution in [2.24, 2.45) is 5.73 Å². The van der Waals surface area contributed by atoms with Crippen LogP contribution in [0.15, 0.2) is 40.9 Å². The van der Waals surface area contributed by atoms with Crippen LogP contribution >= 0.6 is 15.9 Å². The molecule has 4 heteroatoms. The number of fused-ring (bicyclic) bond motifs is 1. The molecule has 0 atom stereocenters. The number of rotatable bonds is 6. The average molecular weight is 335 g/mol. The molecule has 3 N–H and O–H groups in total. The normalized spacial score (nSPS) is 10.7. The third-order valence-electron chi connectivity index (χ3n) is 3.25. The average Bonchev–Trinajstić information content (AvgIpc) is 2.47. The van der Waals surface area contributed by atoms with Crippen LogP contribution in [0.25, 0.3) is 10.8 Å². The molecule has 0 fully saturated rings. The highest BCUT2D eigenvalue weighted by molar-refractivity contribution is 9.10. The zero-order valence-electron chi connectivity index (χ0n) is 11.4. The number of nitrogens with two attached hydrogens (primary N) is 1. The van der Waals surface area contributed by atoms with Crippen LogP contribution in [0, 0.1) is 0 Å². The van der Waals surface area contributed by atoms with Crippen molar-refractivity contribution < 1.29 is 4.79 Å². The molecule has 20 heavy (non-hydrogen) atoms. The maximum atomic E-state index is 12.0. The van der Waals surface area contributed by atoms with Crippen molar-refractivity contribution in [3.63, 3.8) is 0 Å². The Labute approximate surface area is 127 Å². The third kappa shape index (κ3) is 3.81. The number of nitrogens with one attached hydrogen (secondary N) is 1. The van der Waals surface area contributed by atoms with E-state index in [2.05, 4.69) is 21.2 Å². The summed E-state index contributed by atoms with van der Waals surface area (Å²) in [6.07, 6.45) is 3.42. The lowest BCUT2D eigenvalue weighted by molar-refractivity contribution is -0.116. The van der Waals surface area contributed by atoms with Gasteiger partial charge in [0.1, 0.15) is 0 Å². The highest BCUT2D eigenvalue weighted by atomic mass is 79.9. The fourth-order valence-electron chi connectivity index (χ4n) is 2.19. The van der Waals surface area contributed by atoms with Crippen LogP contribution in [-0.4, -0.2) is 12.5 Å². The molecule has 106 valence electrons. The van der Waals surface area contributed by atoms with Crippen LogP contribution in [0.4, 0.5) is 5.69 Å². The molecule has 0 spiro atoms. The zero-order chi connectivity index (χ0) is 14.4. The Morgan fingerprint density at radius 1 is 1.05 bits per heavy atom. The Hall–Kier alpha value is -1.39. The molecule has 0 saturated carbocycles. The first kappa shape index (κ1) is 15.0. The monoisotopic (exact) mass is 334 g/mol. The van der Waals surface area contributed by atoms with E-state index in [-0.39, 0.29) is 5.91 Å².